The maximum Gasteiger partial charge on any atom is 0.265 e. The summed E-state index contributed by atoms with van der Waals surface area (Å²) in [7, 11) is 0. The monoisotopic (exact) mass is 406 g/mol. The van der Waals surface area contributed by atoms with Gasteiger partial charge in [-0.15, -0.1) is 0 Å². The molecule has 1 heterocycles. The van der Waals surface area contributed by atoms with Crippen molar-refractivity contribution in [1.29, 1.82) is 0 Å². The molecule has 5 heteroatoms. The summed E-state index contributed by atoms with van der Waals surface area (Å²) in [6.07, 6.45) is 0.818. The van der Waals surface area contributed by atoms with Crippen molar-refractivity contribution < 1.29 is 9.53 Å². The minimum Gasteiger partial charge on any atom is -0.484 e. The van der Waals surface area contributed by atoms with Crippen molar-refractivity contribution in [3.8, 4) is 5.75 Å². The molecule has 4 rings (SSSR count). The Morgan fingerprint density at radius 1 is 1.03 bits per heavy atom. The Balaban J connectivity index is 1.53. The van der Waals surface area contributed by atoms with Gasteiger partial charge in [-0.25, -0.2) is 0 Å². The summed E-state index contributed by atoms with van der Waals surface area (Å²) in [5, 5.41) is 4.25. The van der Waals surface area contributed by atoms with Gasteiger partial charge in [0, 0.05) is 22.4 Å². The molecule has 0 saturated heterocycles. The second-order valence-corrected chi connectivity index (χ2v) is 7.65. The molecule has 1 aliphatic heterocycles. The summed E-state index contributed by atoms with van der Waals surface area (Å²) in [6, 6.07) is 25.5. The van der Waals surface area contributed by atoms with E-state index < -0.39 is 0 Å². The van der Waals surface area contributed by atoms with Crippen molar-refractivity contribution in [3.63, 3.8) is 0 Å². The lowest BCUT2D eigenvalue weighted by atomic mass is 9.91. The number of carbonyl (C=O) groups excluding carboxylic acids is 1. The Morgan fingerprint density at radius 2 is 1.72 bits per heavy atom. The molecule has 3 aromatic rings. The topological polar surface area (TPSA) is 41.6 Å². The summed E-state index contributed by atoms with van der Waals surface area (Å²) in [4.78, 5) is 14.9. The van der Waals surface area contributed by atoms with Gasteiger partial charge in [-0.05, 0) is 61.4 Å². The number of rotatable bonds is 5. The van der Waals surface area contributed by atoms with Crippen LogP contribution in [0.5, 0.6) is 5.75 Å². The van der Waals surface area contributed by atoms with E-state index in [2.05, 4.69) is 30.4 Å². The molecule has 3 aromatic carbocycles. The van der Waals surface area contributed by atoms with Gasteiger partial charge in [-0.3, -0.25) is 4.79 Å². The number of nitrogens with one attached hydrogen (secondary N) is 1. The van der Waals surface area contributed by atoms with Crippen LogP contribution in [0.3, 0.4) is 0 Å². The number of hydrogen-bond acceptors (Lipinski definition) is 3. The highest BCUT2D eigenvalue weighted by molar-refractivity contribution is 6.30. The zero-order chi connectivity index (χ0) is 20.2. The molecule has 0 fully saturated rings. The van der Waals surface area contributed by atoms with Crippen LogP contribution in [0.25, 0.3) is 0 Å². The van der Waals surface area contributed by atoms with Crippen LogP contribution < -0.4 is 15.0 Å². The molecule has 148 valence electrons. The summed E-state index contributed by atoms with van der Waals surface area (Å²) >= 11 is 5.91. The van der Waals surface area contributed by atoms with Gasteiger partial charge in [-0.1, -0.05) is 48.0 Å². The van der Waals surface area contributed by atoms with Crippen LogP contribution in [-0.2, 0) is 4.79 Å². The number of benzene rings is 3. The third-order valence-electron chi connectivity index (χ3n) is 5.15. The number of ether oxygens (including phenoxy) is 1. The number of fused-ring (bicyclic) bond motifs is 1. The normalized spacial score (nSPS) is 18.1. The van der Waals surface area contributed by atoms with Gasteiger partial charge in [0.15, 0.2) is 6.61 Å². The van der Waals surface area contributed by atoms with Crippen molar-refractivity contribution in [2.24, 2.45) is 0 Å². The van der Waals surface area contributed by atoms with Crippen molar-refractivity contribution in [2.45, 2.75) is 25.4 Å². The largest absolute Gasteiger partial charge is 0.484 e. The SMILES string of the molecule is CC1CC(Nc2ccccc2)c2ccccc2N1C(=O)COc1ccc(Cl)cc1. The predicted octanol–water partition coefficient (Wildman–Crippen LogP) is 5.70. The maximum atomic E-state index is 13.0. The molecule has 2 atom stereocenters. The molecular weight excluding hydrogens is 384 g/mol. The second-order valence-electron chi connectivity index (χ2n) is 7.21. The lowest BCUT2D eigenvalue weighted by Crippen LogP contribution is -2.46. The van der Waals surface area contributed by atoms with Crippen LogP contribution in [0.4, 0.5) is 11.4 Å². The second kappa shape index (κ2) is 8.58. The highest BCUT2D eigenvalue weighted by atomic mass is 35.5. The van der Waals surface area contributed by atoms with E-state index in [9.17, 15) is 4.79 Å². The summed E-state index contributed by atoms with van der Waals surface area (Å²) in [5.74, 6) is 0.572. The summed E-state index contributed by atoms with van der Waals surface area (Å²) in [5.41, 5.74) is 3.13. The molecule has 0 saturated carbocycles. The van der Waals surface area contributed by atoms with Gasteiger partial charge < -0.3 is 15.0 Å². The average molecular weight is 407 g/mol. The number of nitrogens with zero attached hydrogens (tertiary/aromatic N) is 1. The minimum atomic E-state index is -0.0574. The number of amides is 1. The van der Waals surface area contributed by atoms with Crippen LogP contribution in [0.1, 0.15) is 24.9 Å². The van der Waals surface area contributed by atoms with Crippen LogP contribution in [0.15, 0.2) is 78.9 Å². The molecule has 2 unspecified atom stereocenters. The van der Waals surface area contributed by atoms with E-state index in [0.29, 0.717) is 10.8 Å². The molecule has 1 amide bonds. The van der Waals surface area contributed by atoms with E-state index in [4.69, 9.17) is 16.3 Å². The third-order valence-corrected chi connectivity index (χ3v) is 5.40. The van der Waals surface area contributed by atoms with Crippen LogP contribution in [0, 0.1) is 0 Å². The Hall–Kier alpha value is -2.98. The summed E-state index contributed by atoms with van der Waals surface area (Å²) < 4.78 is 5.70. The number of carbonyl (C=O) groups is 1. The number of anilines is 2. The van der Waals surface area contributed by atoms with Crippen molar-refractivity contribution in [3.05, 3.63) is 89.4 Å². The molecule has 1 aliphatic rings. The average Bonchev–Trinajstić information content (AvgIpc) is 2.74. The number of hydrogen-bond donors (Lipinski definition) is 1. The maximum absolute atomic E-state index is 13.0. The first-order valence-corrected chi connectivity index (χ1v) is 10.1. The molecule has 0 bridgehead atoms. The molecule has 0 radical (unpaired) electrons. The van der Waals surface area contributed by atoms with Gasteiger partial charge in [0.25, 0.3) is 5.91 Å². The first-order chi connectivity index (χ1) is 14.1. The van der Waals surface area contributed by atoms with E-state index in [1.54, 1.807) is 24.3 Å². The van der Waals surface area contributed by atoms with Gasteiger partial charge in [0.2, 0.25) is 0 Å². The fraction of sp³-hybridized carbons (Fsp3) is 0.208. The van der Waals surface area contributed by atoms with Gasteiger partial charge in [0.05, 0.1) is 6.04 Å². The lowest BCUT2D eigenvalue weighted by molar-refractivity contribution is -0.121. The van der Waals surface area contributed by atoms with Gasteiger partial charge >= 0.3 is 0 Å². The van der Waals surface area contributed by atoms with Crippen LogP contribution >= 0.6 is 11.6 Å². The van der Waals surface area contributed by atoms with E-state index in [1.165, 1.54) is 0 Å². The van der Waals surface area contributed by atoms with E-state index in [1.807, 2.05) is 41.3 Å². The van der Waals surface area contributed by atoms with Crippen molar-refractivity contribution in [2.75, 3.05) is 16.8 Å². The molecular formula is C24H23ClN2O2. The molecule has 4 nitrogen and oxygen atoms in total. The zero-order valence-corrected chi connectivity index (χ0v) is 17.0. The summed E-state index contributed by atoms with van der Waals surface area (Å²) in [6.45, 7) is 2.06. The van der Waals surface area contributed by atoms with Crippen molar-refractivity contribution in [1.82, 2.24) is 0 Å². The Morgan fingerprint density at radius 3 is 2.48 bits per heavy atom. The molecule has 29 heavy (non-hydrogen) atoms. The van der Waals surface area contributed by atoms with E-state index in [0.717, 1.165) is 23.4 Å². The van der Waals surface area contributed by atoms with Gasteiger partial charge in [0.1, 0.15) is 5.75 Å². The van der Waals surface area contributed by atoms with Crippen LogP contribution in [0.2, 0.25) is 5.02 Å². The molecule has 0 aromatic heterocycles. The smallest absolute Gasteiger partial charge is 0.265 e. The lowest BCUT2D eigenvalue weighted by Gasteiger charge is -2.40. The fourth-order valence-electron chi connectivity index (χ4n) is 3.81. The predicted molar refractivity (Wildman–Crippen MR) is 118 cm³/mol. The van der Waals surface area contributed by atoms with Gasteiger partial charge in [-0.2, -0.15) is 0 Å². The third kappa shape index (κ3) is 4.38. The minimum absolute atomic E-state index is 0.0168. The first-order valence-electron chi connectivity index (χ1n) is 9.73. The quantitative estimate of drug-likeness (QED) is 0.591. The fourth-order valence-corrected chi connectivity index (χ4v) is 3.94. The van der Waals surface area contributed by atoms with E-state index in [-0.39, 0.29) is 24.6 Å². The highest BCUT2D eigenvalue weighted by Crippen LogP contribution is 2.38. The van der Waals surface area contributed by atoms with Crippen molar-refractivity contribution >= 4 is 28.9 Å². The Labute approximate surface area is 176 Å². The standard InChI is InChI=1S/C24H23ClN2O2/c1-17-15-22(26-19-7-3-2-4-8-19)21-9-5-6-10-23(21)27(17)24(28)16-29-20-13-11-18(25)12-14-20/h2-14,17,22,26H,15-16H2,1H3. The zero-order valence-electron chi connectivity index (χ0n) is 16.2. The highest BCUT2D eigenvalue weighted by Gasteiger charge is 2.33. The molecule has 0 spiro atoms. The molecule has 0 aliphatic carbocycles. The first kappa shape index (κ1) is 19.3. The van der Waals surface area contributed by atoms with Crippen LogP contribution in [-0.4, -0.2) is 18.6 Å². The number of halogens is 1. The Bertz CT molecular complexity index is 976. The molecule has 1 N–H and O–H groups in total. The van der Waals surface area contributed by atoms with E-state index >= 15 is 0 Å². The Kier molecular flexibility index (Phi) is 5.72. The number of para-hydroxylation sites is 2.